The van der Waals surface area contributed by atoms with E-state index in [1.807, 2.05) is 12.1 Å². The van der Waals surface area contributed by atoms with E-state index in [1.165, 1.54) is 8.45 Å². The summed E-state index contributed by atoms with van der Waals surface area (Å²) in [6, 6.07) is 8.25. The van der Waals surface area contributed by atoms with Crippen molar-refractivity contribution in [3.63, 3.8) is 0 Å². The maximum absolute atomic E-state index is 5.99. The van der Waals surface area contributed by atoms with Gasteiger partial charge in [-0.3, -0.25) is 0 Å². The molecule has 90 valence electrons. The first-order valence-electron chi connectivity index (χ1n) is 4.69. The first-order valence-corrected chi connectivity index (χ1v) is 8.55. The van der Waals surface area contributed by atoms with E-state index in [4.69, 9.17) is 11.6 Å². The van der Waals surface area contributed by atoms with Crippen LogP contribution < -0.4 is 5.32 Å². The van der Waals surface area contributed by atoms with Crippen molar-refractivity contribution in [1.82, 2.24) is 0 Å². The highest BCUT2D eigenvalue weighted by Crippen LogP contribution is 2.32. The zero-order valence-corrected chi connectivity index (χ0v) is 15.3. The number of hydrogen-bond donors (Lipinski definition) is 1. The summed E-state index contributed by atoms with van der Waals surface area (Å²) in [5.41, 5.74) is 1.11. The lowest BCUT2D eigenvalue weighted by Crippen LogP contribution is -1.97. The Morgan fingerprint density at radius 3 is 2.59 bits per heavy atom. The number of halogens is 4. The van der Waals surface area contributed by atoms with Crippen LogP contribution in [0, 0.1) is 3.57 Å². The van der Waals surface area contributed by atoms with E-state index < -0.39 is 0 Å². The normalized spacial score (nSPS) is 10.6. The van der Waals surface area contributed by atoms with E-state index in [-0.39, 0.29) is 0 Å². The minimum absolute atomic E-state index is 0.785. The van der Waals surface area contributed by atoms with Gasteiger partial charge in [-0.15, -0.1) is 11.3 Å². The van der Waals surface area contributed by atoms with Gasteiger partial charge in [0.1, 0.15) is 4.34 Å². The van der Waals surface area contributed by atoms with E-state index in [0.29, 0.717) is 0 Å². The molecule has 0 unspecified atom stereocenters. The molecule has 0 radical (unpaired) electrons. The fraction of sp³-hybridized carbons (Fsp3) is 0.0909. The minimum atomic E-state index is 0.785. The van der Waals surface area contributed by atoms with Crippen LogP contribution in [0.3, 0.4) is 0 Å². The quantitative estimate of drug-likeness (QED) is 0.492. The fourth-order valence-corrected chi connectivity index (χ4v) is 3.77. The van der Waals surface area contributed by atoms with Gasteiger partial charge in [-0.05, 0) is 78.7 Å². The lowest BCUT2D eigenvalue weighted by molar-refractivity contribution is 1.19. The molecule has 0 aliphatic rings. The summed E-state index contributed by atoms with van der Waals surface area (Å²) in [4.78, 5) is 1.21. The average molecular weight is 507 g/mol. The monoisotopic (exact) mass is 505 g/mol. The van der Waals surface area contributed by atoms with Crippen molar-refractivity contribution in [2.24, 2.45) is 0 Å². The molecule has 1 aromatic carbocycles. The van der Waals surface area contributed by atoms with Gasteiger partial charge in [-0.1, -0.05) is 11.6 Å². The van der Waals surface area contributed by atoms with Crippen molar-refractivity contribution < 1.29 is 0 Å². The summed E-state index contributed by atoms with van der Waals surface area (Å²) in [5.74, 6) is 0. The highest BCUT2D eigenvalue weighted by atomic mass is 127. The van der Waals surface area contributed by atoms with Crippen LogP contribution in [0.2, 0.25) is 4.34 Å². The van der Waals surface area contributed by atoms with Crippen LogP contribution in [-0.2, 0) is 6.54 Å². The summed E-state index contributed by atoms with van der Waals surface area (Å²) >= 11 is 16.8. The van der Waals surface area contributed by atoms with Gasteiger partial charge in [0.15, 0.2) is 0 Å². The molecule has 1 aromatic heterocycles. The van der Waals surface area contributed by atoms with E-state index in [0.717, 1.165) is 25.5 Å². The molecule has 0 fully saturated rings. The summed E-state index contributed by atoms with van der Waals surface area (Å²) in [6.07, 6.45) is 0. The fourth-order valence-electron chi connectivity index (χ4n) is 1.27. The lowest BCUT2D eigenvalue weighted by Gasteiger charge is -2.06. The molecule has 0 amide bonds. The first kappa shape index (κ1) is 14.1. The highest BCUT2D eigenvalue weighted by molar-refractivity contribution is 14.1. The SMILES string of the molecule is Clc1sc(CNc2ccc(Br)c(I)c2)cc1Br. The Morgan fingerprint density at radius 1 is 1.24 bits per heavy atom. The number of nitrogens with one attached hydrogen (secondary N) is 1. The van der Waals surface area contributed by atoms with Gasteiger partial charge in [0, 0.05) is 29.6 Å². The second-order valence-electron chi connectivity index (χ2n) is 3.32. The molecular weight excluding hydrogens is 500 g/mol. The van der Waals surface area contributed by atoms with Crippen molar-refractivity contribution in [3.05, 3.63) is 46.0 Å². The summed E-state index contributed by atoms with van der Waals surface area (Å²) < 4.78 is 4.07. The lowest BCUT2D eigenvalue weighted by atomic mass is 10.3. The summed E-state index contributed by atoms with van der Waals surface area (Å²) in [5, 5.41) is 3.37. The van der Waals surface area contributed by atoms with Gasteiger partial charge in [-0.25, -0.2) is 0 Å². The van der Waals surface area contributed by atoms with E-state index in [2.05, 4.69) is 71.9 Å². The predicted octanol–water partition coefficient (Wildman–Crippen LogP) is 6.14. The smallest absolute Gasteiger partial charge is 0.107 e. The Balaban J connectivity index is 2.04. The van der Waals surface area contributed by atoms with Crippen LogP contribution in [0.5, 0.6) is 0 Å². The van der Waals surface area contributed by atoms with Crippen LogP contribution in [0.4, 0.5) is 5.69 Å². The molecule has 0 aliphatic heterocycles. The third-order valence-electron chi connectivity index (χ3n) is 2.08. The number of hydrogen-bond acceptors (Lipinski definition) is 2. The van der Waals surface area contributed by atoms with Crippen molar-refractivity contribution in [2.45, 2.75) is 6.54 Å². The highest BCUT2D eigenvalue weighted by Gasteiger charge is 2.04. The van der Waals surface area contributed by atoms with Crippen molar-refractivity contribution >= 4 is 83.1 Å². The van der Waals surface area contributed by atoms with E-state index >= 15 is 0 Å². The molecule has 0 saturated carbocycles. The second kappa shape index (κ2) is 6.23. The second-order valence-corrected chi connectivity index (χ2v) is 7.93. The van der Waals surface area contributed by atoms with Crippen molar-refractivity contribution in [1.29, 1.82) is 0 Å². The molecule has 1 heterocycles. The third kappa shape index (κ3) is 3.83. The molecule has 2 aromatic rings. The van der Waals surface area contributed by atoms with Gasteiger partial charge < -0.3 is 5.32 Å². The zero-order valence-electron chi connectivity index (χ0n) is 8.44. The van der Waals surface area contributed by atoms with Crippen LogP contribution in [0.1, 0.15) is 4.88 Å². The molecule has 1 nitrogen and oxygen atoms in total. The molecular formula is C11H7Br2ClINS. The molecule has 1 N–H and O–H groups in total. The van der Waals surface area contributed by atoms with Crippen molar-refractivity contribution in [2.75, 3.05) is 5.32 Å². The third-order valence-corrected chi connectivity index (χ3v) is 6.88. The van der Waals surface area contributed by atoms with Crippen LogP contribution in [-0.4, -0.2) is 0 Å². The first-order chi connectivity index (χ1) is 8.06. The topological polar surface area (TPSA) is 12.0 Å². The number of anilines is 1. The number of benzene rings is 1. The molecule has 0 atom stereocenters. The average Bonchev–Trinajstić information content (AvgIpc) is 2.60. The molecule has 6 heteroatoms. The number of rotatable bonds is 3. The molecule has 0 aliphatic carbocycles. The van der Waals surface area contributed by atoms with Crippen LogP contribution in [0.15, 0.2) is 33.2 Å². The molecule has 17 heavy (non-hydrogen) atoms. The molecule has 0 bridgehead atoms. The molecule has 0 saturated heterocycles. The minimum Gasteiger partial charge on any atom is -0.380 e. The van der Waals surface area contributed by atoms with Crippen molar-refractivity contribution in [3.8, 4) is 0 Å². The number of thiophene rings is 1. The standard InChI is InChI=1S/C11H7Br2ClINS/c12-8-2-1-6(3-10(8)15)16-5-7-4-9(13)11(14)17-7/h1-4,16H,5H2. The van der Waals surface area contributed by atoms with Gasteiger partial charge in [0.2, 0.25) is 0 Å². The Hall–Kier alpha value is 0.700. The van der Waals surface area contributed by atoms with Crippen LogP contribution in [0.25, 0.3) is 0 Å². The van der Waals surface area contributed by atoms with Gasteiger partial charge >= 0.3 is 0 Å². The Labute approximate surface area is 139 Å². The molecule has 0 spiro atoms. The van der Waals surface area contributed by atoms with Gasteiger partial charge in [0.25, 0.3) is 0 Å². The van der Waals surface area contributed by atoms with Gasteiger partial charge in [0.05, 0.1) is 0 Å². The summed E-state index contributed by atoms with van der Waals surface area (Å²) in [6.45, 7) is 0.785. The Kier molecular flexibility index (Phi) is 5.18. The molecule has 2 rings (SSSR count). The van der Waals surface area contributed by atoms with E-state index in [9.17, 15) is 0 Å². The van der Waals surface area contributed by atoms with Crippen LogP contribution >= 0.6 is 77.4 Å². The predicted molar refractivity (Wildman–Crippen MR) is 91.2 cm³/mol. The largest absolute Gasteiger partial charge is 0.380 e. The van der Waals surface area contributed by atoms with Gasteiger partial charge in [-0.2, -0.15) is 0 Å². The maximum Gasteiger partial charge on any atom is 0.107 e. The summed E-state index contributed by atoms with van der Waals surface area (Å²) in [7, 11) is 0. The Bertz CT molecular complexity index is 525. The zero-order chi connectivity index (χ0) is 12.4. The van der Waals surface area contributed by atoms with E-state index in [1.54, 1.807) is 11.3 Å². The Morgan fingerprint density at radius 2 is 2.00 bits per heavy atom. The maximum atomic E-state index is 5.99.